The van der Waals surface area contributed by atoms with Gasteiger partial charge in [-0.15, -0.1) is 12.4 Å². The van der Waals surface area contributed by atoms with Crippen molar-refractivity contribution < 1.29 is 13.2 Å². The fourth-order valence-electron chi connectivity index (χ4n) is 3.62. The van der Waals surface area contributed by atoms with Crippen molar-refractivity contribution >= 4 is 28.3 Å². The first kappa shape index (κ1) is 20.7. The number of nitrogens with one attached hydrogen (secondary N) is 1. The van der Waals surface area contributed by atoms with Gasteiger partial charge in [0.05, 0.1) is 6.26 Å². The number of likely N-dealkylation sites (tertiary alicyclic amines) is 1. The molecule has 23 heavy (non-hydrogen) atoms. The Morgan fingerprint density at radius 3 is 2.48 bits per heavy atom. The van der Waals surface area contributed by atoms with Crippen molar-refractivity contribution in [3.05, 3.63) is 0 Å². The van der Waals surface area contributed by atoms with Crippen molar-refractivity contribution in [2.24, 2.45) is 11.7 Å². The number of piperidine rings is 1. The molecule has 1 saturated carbocycles. The molecule has 3 N–H and O–H groups in total. The molecule has 2 fully saturated rings. The molecule has 3 atom stereocenters. The molecule has 0 radical (unpaired) electrons. The van der Waals surface area contributed by atoms with Crippen molar-refractivity contribution in [2.75, 3.05) is 19.3 Å². The third-order valence-electron chi connectivity index (χ3n) is 4.93. The number of hydrogen-bond donors (Lipinski definition) is 2. The molecule has 6 nitrogen and oxygen atoms in total. The Bertz CT molecular complexity index is 486. The number of amides is 1. The van der Waals surface area contributed by atoms with Gasteiger partial charge < -0.3 is 10.6 Å². The lowest BCUT2D eigenvalue weighted by molar-refractivity contribution is -0.136. The second-order valence-electron chi connectivity index (χ2n) is 6.77. The fraction of sp³-hybridized carbons (Fsp3) is 0.933. The van der Waals surface area contributed by atoms with Gasteiger partial charge in [-0.05, 0) is 38.0 Å². The molecular weight excluding hydrogens is 338 g/mol. The molecule has 1 saturated heterocycles. The number of carbonyl (C=O) groups is 1. The molecule has 136 valence electrons. The molecule has 3 unspecified atom stereocenters. The maximum atomic E-state index is 12.6. The summed E-state index contributed by atoms with van der Waals surface area (Å²) in [6, 6.07) is 0.117. The van der Waals surface area contributed by atoms with Gasteiger partial charge in [0, 0.05) is 31.6 Å². The van der Waals surface area contributed by atoms with Crippen LogP contribution in [0.25, 0.3) is 0 Å². The molecule has 2 rings (SSSR count). The first-order valence-electron chi connectivity index (χ1n) is 8.36. The minimum Gasteiger partial charge on any atom is -0.338 e. The van der Waals surface area contributed by atoms with Crippen molar-refractivity contribution in [1.82, 2.24) is 9.62 Å². The van der Waals surface area contributed by atoms with E-state index in [0.29, 0.717) is 13.0 Å². The van der Waals surface area contributed by atoms with E-state index < -0.39 is 10.0 Å². The highest BCUT2D eigenvalue weighted by atomic mass is 35.5. The molecule has 1 heterocycles. The average molecular weight is 368 g/mol. The van der Waals surface area contributed by atoms with Crippen LogP contribution in [0.4, 0.5) is 0 Å². The molecule has 0 aromatic rings. The van der Waals surface area contributed by atoms with Crippen LogP contribution in [0, 0.1) is 5.92 Å². The highest BCUT2D eigenvalue weighted by Gasteiger charge is 2.31. The highest BCUT2D eigenvalue weighted by Crippen LogP contribution is 2.27. The molecule has 0 spiro atoms. The Morgan fingerprint density at radius 1 is 1.17 bits per heavy atom. The van der Waals surface area contributed by atoms with Gasteiger partial charge in [0.2, 0.25) is 15.9 Å². The smallest absolute Gasteiger partial charge is 0.223 e. The minimum absolute atomic E-state index is 0. The lowest BCUT2D eigenvalue weighted by atomic mass is 9.82. The van der Waals surface area contributed by atoms with Crippen LogP contribution in [0.3, 0.4) is 0 Å². The predicted molar refractivity (Wildman–Crippen MR) is 94.0 cm³/mol. The zero-order valence-corrected chi connectivity index (χ0v) is 15.5. The predicted octanol–water partition coefficient (Wildman–Crippen LogP) is 1.25. The van der Waals surface area contributed by atoms with E-state index in [9.17, 15) is 13.2 Å². The van der Waals surface area contributed by atoms with Crippen LogP contribution >= 0.6 is 12.4 Å². The summed E-state index contributed by atoms with van der Waals surface area (Å²) < 4.78 is 25.1. The summed E-state index contributed by atoms with van der Waals surface area (Å²) in [7, 11) is -3.22. The van der Waals surface area contributed by atoms with Gasteiger partial charge in [-0.1, -0.05) is 12.8 Å². The van der Waals surface area contributed by atoms with Crippen molar-refractivity contribution in [3.63, 3.8) is 0 Å². The Hall–Kier alpha value is -0.370. The van der Waals surface area contributed by atoms with E-state index in [1.54, 1.807) is 0 Å². The second kappa shape index (κ2) is 9.20. The highest BCUT2D eigenvalue weighted by molar-refractivity contribution is 7.88. The quantitative estimate of drug-likeness (QED) is 0.764. The van der Waals surface area contributed by atoms with E-state index in [2.05, 4.69) is 4.72 Å². The monoisotopic (exact) mass is 367 g/mol. The molecule has 8 heteroatoms. The SMILES string of the molecule is CS(=O)(=O)NCC1CCCCN1C(=O)CC1CCCCC1N.Cl. The third kappa shape index (κ3) is 6.57. The van der Waals surface area contributed by atoms with Crippen molar-refractivity contribution in [1.29, 1.82) is 0 Å². The average Bonchev–Trinajstić information content (AvgIpc) is 2.47. The van der Waals surface area contributed by atoms with Crippen LogP contribution in [-0.2, 0) is 14.8 Å². The summed E-state index contributed by atoms with van der Waals surface area (Å²) in [6.07, 6.45) is 8.94. The van der Waals surface area contributed by atoms with Gasteiger partial charge in [-0.2, -0.15) is 0 Å². The summed E-state index contributed by atoms with van der Waals surface area (Å²) in [6.45, 7) is 1.05. The van der Waals surface area contributed by atoms with Crippen LogP contribution in [-0.4, -0.2) is 50.7 Å². The lowest BCUT2D eigenvalue weighted by Crippen LogP contribution is -2.50. The molecule has 0 aromatic heterocycles. The zero-order valence-electron chi connectivity index (χ0n) is 13.9. The van der Waals surface area contributed by atoms with Crippen LogP contribution in [0.15, 0.2) is 0 Å². The maximum absolute atomic E-state index is 12.6. The first-order valence-corrected chi connectivity index (χ1v) is 10.3. The van der Waals surface area contributed by atoms with Gasteiger partial charge in [0.1, 0.15) is 0 Å². The Kier molecular flexibility index (Phi) is 8.27. The minimum atomic E-state index is -3.22. The van der Waals surface area contributed by atoms with Gasteiger partial charge in [-0.25, -0.2) is 13.1 Å². The molecule has 0 aromatic carbocycles. The zero-order chi connectivity index (χ0) is 16.2. The van der Waals surface area contributed by atoms with E-state index in [1.807, 2.05) is 4.90 Å². The van der Waals surface area contributed by atoms with Crippen molar-refractivity contribution in [2.45, 2.75) is 63.5 Å². The van der Waals surface area contributed by atoms with Crippen LogP contribution in [0.1, 0.15) is 51.4 Å². The number of rotatable bonds is 5. The van der Waals surface area contributed by atoms with Crippen molar-refractivity contribution in [3.8, 4) is 0 Å². The van der Waals surface area contributed by atoms with Gasteiger partial charge in [0.25, 0.3) is 0 Å². The summed E-state index contributed by atoms with van der Waals surface area (Å²) >= 11 is 0. The summed E-state index contributed by atoms with van der Waals surface area (Å²) in [4.78, 5) is 14.5. The molecule has 0 bridgehead atoms. The van der Waals surface area contributed by atoms with Crippen LogP contribution in [0.5, 0.6) is 0 Å². The number of sulfonamides is 1. The van der Waals surface area contributed by atoms with Gasteiger partial charge in [0.15, 0.2) is 0 Å². The molecule has 1 aliphatic carbocycles. The summed E-state index contributed by atoms with van der Waals surface area (Å²) in [5, 5.41) is 0. The Morgan fingerprint density at radius 2 is 1.83 bits per heavy atom. The van der Waals surface area contributed by atoms with Crippen LogP contribution in [0.2, 0.25) is 0 Å². The second-order valence-corrected chi connectivity index (χ2v) is 8.60. The topological polar surface area (TPSA) is 92.5 Å². The third-order valence-corrected chi connectivity index (χ3v) is 5.62. The van der Waals surface area contributed by atoms with E-state index in [1.165, 1.54) is 0 Å². The summed E-state index contributed by atoms with van der Waals surface area (Å²) in [5.41, 5.74) is 6.14. The number of nitrogens with zero attached hydrogens (tertiary/aromatic N) is 1. The molecule has 1 amide bonds. The van der Waals surface area contributed by atoms with E-state index in [-0.39, 0.29) is 36.3 Å². The van der Waals surface area contributed by atoms with Gasteiger partial charge in [-0.3, -0.25) is 4.79 Å². The van der Waals surface area contributed by atoms with Gasteiger partial charge >= 0.3 is 0 Å². The van der Waals surface area contributed by atoms with E-state index in [0.717, 1.165) is 57.7 Å². The molecular formula is C15H30ClN3O3S. The standard InChI is InChI=1S/C15H29N3O3S.ClH/c1-22(20,21)17-11-13-7-4-5-9-18(13)15(19)10-12-6-2-3-8-14(12)16;/h12-14,17H,2-11,16H2,1H3;1H. The first-order chi connectivity index (χ1) is 10.4. The Balaban J connectivity index is 0.00000264. The number of hydrogen-bond acceptors (Lipinski definition) is 4. The number of carbonyl (C=O) groups excluding carboxylic acids is 1. The lowest BCUT2D eigenvalue weighted by Gasteiger charge is -2.37. The van der Waals surface area contributed by atoms with E-state index >= 15 is 0 Å². The maximum Gasteiger partial charge on any atom is 0.223 e. The normalized spacial score (nSPS) is 29.0. The Labute approximate surface area is 146 Å². The van der Waals surface area contributed by atoms with Crippen LogP contribution < -0.4 is 10.5 Å². The largest absolute Gasteiger partial charge is 0.338 e. The summed E-state index contributed by atoms with van der Waals surface area (Å²) in [5.74, 6) is 0.425. The molecule has 1 aliphatic heterocycles. The van der Waals surface area contributed by atoms with E-state index in [4.69, 9.17) is 5.73 Å². The fourth-order valence-corrected chi connectivity index (χ4v) is 4.12. The number of nitrogens with two attached hydrogens (primary N) is 1. The molecule has 2 aliphatic rings. The number of halogens is 1.